The highest BCUT2D eigenvalue weighted by Gasteiger charge is 2.40. The van der Waals surface area contributed by atoms with E-state index in [1.807, 2.05) is 168 Å². The number of hydrogen-bond acceptors (Lipinski definition) is 20. The summed E-state index contributed by atoms with van der Waals surface area (Å²) in [4.78, 5) is 79.2. The summed E-state index contributed by atoms with van der Waals surface area (Å²) in [6.07, 6.45) is -1.65. The summed E-state index contributed by atoms with van der Waals surface area (Å²) in [5.41, 5.74) is 13.6. The number of benzene rings is 6. The number of esters is 4. The maximum atomic E-state index is 14.0. The van der Waals surface area contributed by atoms with Gasteiger partial charge in [0.1, 0.15) is 17.2 Å². The maximum absolute atomic E-state index is 14.0. The van der Waals surface area contributed by atoms with Crippen molar-refractivity contribution in [3.8, 4) is 39.9 Å². The Morgan fingerprint density at radius 3 is 1.31 bits per heavy atom. The smallest absolute Gasteiger partial charge is 0.420 e. The number of aromatic hydroxyl groups is 3. The molecule has 26 nitrogen and oxygen atoms in total. The van der Waals surface area contributed by atoms with Gasteiger partial charge in [0.25, 0.3) is 0 Å². The molecule has 13 rings (SSSR count). The fourth-order valence-electron chi connectivity index (χ4n) is 16.5. The molecule has 6 aromatic carbocycles. The number of hydrogen-bond donors (Lipinski definition) is 5. The van der Waals surface area contributed by atoms with Crippen molar-refractivity contribution in [1.82, 2.24) is 52.8 Å². The summed E-state index contributed by atoms with van der Waals surface area (Å²) >= 11 is 0. The summed E-state index contributed by atoms with van der Waals surface area (Å²) in [6, 6.07) is 26.1. The van der Waals surface area contributed by atoms with Gasteiger partial charge in [-0.25, -0.2) is 8.78 Å². The Labute approximate surface area is 755 Å². The van der Waals surface area contributed by atoms with Crippen LogP contribution < -0.4 is 9.47 Å². The molecule has 0 amide bonds. The number of pyridine rings is 2. The second kappa shape index (κ2) is 43.6. The highest BCUT2D eigenvalue weighted by molar-refractivity contribution is 6.00. The van der Waals surface area contributed by atoms with Crippen LogP contribution in [-0.2, 0) is 142 Å². The Morgan fingerprint density at radius 1 is 0.458 bits per heavy atom. The molecular formula is C97H115F8N11O15. The molecule has 7 aromatic heterocycles. The molecule has 13 aromatic rings. The first kappa shape index (κ1) is 103. The van der Waals surface area contributed by atoms with E-state index in [0.29, 0.717) is 116 Å². The van der Waals surface area contributed by atoms with Gasteiger partial charge in [-0.05, 0) is 178 Å². The van der Waals surface area contributed by atoms with Crippen LogP contribution in [-0.4, -0.2) is 202 Å². The number of halogens is 8. The number of fused-ring (bicyclic) bond motifs is 5. The van der Waals surface area contributed by atoms with Crippen molar-refractivity contribution < 1.29 is 108 Å². The predicted molar refractivity (Wildman–Crippen MR) is 487 cm³/mol. The highest BCUT2D eigenvalue weighted by atomic mass is 19.4. The van der Waals surface area contributed by atoms with Crippen molar-refractivity contribution >= 4 is 84.4 Å². The van der Waals surface area contributed by atoms with E-state index >= 15 is 0 Å². The van der Waals surface area contributed by atoms with E-state index in [1.54, 1.807) is 67.9 Å². The van der Waals surface area contributed by atoms with Crippen LogP contribution in [0.5, 0.6) is 28.7 Å². The zero-order chi connectivity index (χ0) is 96.3. The number of rotatable bonds is 25. The lowest BCUT2D eigenvalue weighted by atomic mass is 9.89. The number of aromatic nitrogens is 7. The molecule has 2 unspecified atom stereocenters. The summed E-state index contributed by atoms with van der Waals surface area (Å²) in [7, 11) is 29.9. The molecule has 704 valence electrons. The number of methoxy groups -OCH3 is 6. The van der Waals surface area contributed by atoms with Gasteiger partial charge in [0.15, 0.2) is 23.1 Å². The molecule has 0 radical (unpaired) electrons. The van der Waals surface area contributed by atoms with E-state index in [4.69, 9.17) is 28.4 Å². The zero-order valence-corrected chi connectivity index (χ0v) is 76.8. The number of aliphatic carboxylic acids is 1. The molecule has 5 N–H and O–H groups in total. The Bertz CT molecular complexity index is 6120. The van der Waals surface area contributed by atoms with Gasteiger partial charge < -0.3 is 91.7 Å². The van der Waals surface area contributed by atoms with Gasteiger partial charge in [0.2, 0.25) is 0 Å². The van der Waals surface area contributed by atoms with Crippen molar-refractivity contribution in [2.45, 2.75) is 118 Å². The van der Waals surface area contributed by atoms with Crippen LogP contribution in [0, 0.1) is 39.3 Å². The van der Waals surface area contributed by atoms with Gasteiger partial charge in [-0.2, -0.15) is 26.3 Å². The Balaban J connectivity index is 0.000000203. The van der Waals surface area contributed by atoms with Crippen molar-refractivity contribution in [2.75, 3.05) is 99.0 Å². The number of aryl methyl sites for hydroxylation is 5. The van der Waals surface area contributed by atoms with Crippen LogP contribution in [0.3, 0.4) is 0 Å². The van der Waals surface area contributed by atoms with Gasteiger partial charge in [-0.1, -0.05) is 49.9 Å². The monoisotopic (exact) mass is 1830 g/mol. The predicted octanol–water partition coefficient (Wildman–Crippen LogP) is 17.0. The number of ether oxygens (including phenoxy) is 6. The van der Waals surface area contributed by atoms with E-state index in [1.165, 1.54) is 66.9 Å². The highest BCUT2D eigenvalue weighted by Crippen LogP contribution is 2.48. The maximum Gasteiger partial charge on any atom is 0.420 e. The molecule has 7 heterocycles. The lowest BCUT2D eigenvalue weighted by Crippen LogP contribution is -2.18. The number of alkyl halides is 6. The second-order valence-electron chi connectivity index (χ2n) is 32.6. The van der Waals surface area contributed by atoms with E-state index in [9.17, 15) is 79.5 Å². The summed E-state index contributed by atoms with van der Waals surface area (Å²) in [6.45, 7) is 9.08. The summed E-state index contributed by atoms with van der Waals surface area (Å²) < 4.78 is 145. The average Bonchev–Trinajstić information content (AvgIpc) is 1.60. The number of carbonyl (C=O) groups excluding carboxylic acids is 4. The fourth-order valence-corrected chi connectivity index (χ4v) is 16.5. The number of carboxylic acid groups (broad SMARTS) is 1. The van der Waals surface area contributed by atoms with Crippen LogP contribution in [0.25, 0.3) is 65.6 Å². The molecule has 0 bridgehead atoms. The van der Waals surface area contributed by atoms with Crippen LogP contribution >= 0.6 is 0 Å². The summed E-state index contributed by atoms with van der Waals surface area (Å²) in [5.74, 6) is -6.36. The third-order valence-corrected chi connectivity index (χ3v) is 22.9. The first-order valence-electron chi connectivity index (χ1n) is 41.0. The van der Waals surface area contributed by atoms with Crippen molar-refractivity contribution in [3.63, 3.8) is 0 Å². The molecule has 0 aliphatic rings. The number of phenols is 3. The normalized spacial score (nSPS) is 12.0. The number of nitrogens with one attached hydrogen (secondary N) is 1. The number of carbonyl (C=O) groups is 5. The Hall–Kier alpha value is -13.1. The van der Waals surface area contributed by atoms with Crippen molar-refractivity contribution in [3.05, 3.63) is 229 Å². The van der Waals surface area contributed by atoms with Crippen molar-refractivity contribution in [2.24, 2.45) is 28.2 Å². The van der Waals surface area contributed by atoms with E-state index in [2.05, 4.69) is 15.0 Å². The lowest BCUT2D eigenvalue weighted by molar-refractivity contribution is -0.143. The number of nitrogens with zero attached hydrogens (tertiary/aromatic N) is 10. The van der Waals surface area contributed by atoms with E-state index in [-0.39, 0.29) is 67.4 Å². The van der Waals surface area contributed by atoms with Gasteiger partial charge in [-0.15, -0.1) is 0 Å². The zero-order valence-electron chi connectivity index (χ0n) is 76.8. The van der Waals surface area contributed by atoms with E-state index in [0.717, 1.165) is 84.4 Å². The first-order chi connectivity index (χ1) is 61.2. The molecular weight excluding hydrogens is 1710 g/mol. The number of phenolic OH excluding ortho intramolecular Hbond substituents is 3. The molecule has 0 aliphatic heterocycles. The second-order valence-corrected chi connectivity index (χ2v) is 32.6. The number of aromatic amines is 1. The van der Waals surface area contributed by atoms with Crippen LogP contribution in [0.1, 0.15) is 114 Å². The molecule has 0 saturated carbocycles. The quantitative estimate of drug-likeness (QED) is 0.0202. The third kappa shape index (κ3) is 23.0. The lowest BCUT2D eigenvalue weighted by Gasteiger charge is -2.17. The Kier molecular flexibility index (Phi) is 34.4. The number of H-pyrrole nitrogens is 1. The SMILES string of the molecule is C.CN(C)Cc1c(O)c(-c2cccnc2)cc2c1c(CC(=O)O)c(CN(C)C)n2C.COC(=O)C(Cc1ccccc1)c1c(C)n(C)c2cc(C(F)(F)F)c(OC)cc12.COC(=O)C(Cc1cccnc1)c1c(C)n(C)c2cc(C(F)(F)F)c(OC)cc12.COC(=O)Cc1c(C)[nH]c2cc(F)c(O)c(CN(C)C)c12.COC(=O)Cc1c(C)n(C)c2cc(F)c(O)c(CN(C)C)c12. The van der Waals surface area contributed by atoms with Gasteiger partial charge in [-0.3, -0.25) is 33.9 Å². The van der Waals surface area contributed by atoms with Gasteiger partial charge in [0, 0.05) is 197 Å². The number of carboxylic acids is 1. The largest absolute Gasteiger partial charge is 0.507 e. The minimum Gasteiger partial charge on any atom is -0.507 e. The topological polar surface area (TPSA) is 296 Å². The third-order valence-electron chi connectivity index (χ3n) is 22.9. The first-order valence-corrected chi connectivity index (χ1v) is 41.0. The molecule has 2 atom stereocenters. The Morgan fingerprint density at radius 2 is 0.878 bits per heavy atom. The minimum absolute atomic E-state index is 0. The van der Waals surface area contributed by atoms with Crippen molar-refractivity contribution in [1.29, 1.82) is 0 Å². The van der Waals surface area contributed by atoms with Crippen LogP contribution in [0.2, 0.25) is 0 Å². The van der Waals surface area contributed by atoms with Crippen LogP contribution in [0.4, 0.5) is 35.1 Å². The molecule has 0 aliphatic carbocycles. The van der Waals surface area contributed by atoms with Crippen LogP contribution in [0.15, 0.2) is 122 Å². The van der Waals surface area contributed by atoms with Gasteiger partial charge in [0.05, 0.1) is 90.4 Å². The molecule has 131 heavy (non-hydrogen) atoms. The molecule has 0 fully saturated rings. The average molecular weight is 1830 g/mol. The molecule has 34 heteroatoms. The van der Waals surface area contributed by atoms with Gasteiger partial charge >= 0.3 is 42.2 Å². The molecule has 0 spiro atoms. The minimum atomic E-state index is -4.56. The standard InChI is InChI=1S/C22H22F3NO3.C22H28N4O3.C21H21F3N2O3.C16H21FN2O3.C15H19FN2O3.CH4/c1-13-20(16(21(27)29-4)10-14-8-6-5-7-9-14)15-11-19(28-3)17(22(23,24)25)12-18(15)26(13)2;1-24(2)12-17-21-16(10-20(27)28)19(13-25(3)4)26(5)18(21)9-15(22(17)29)14-7-6-8-23-11-14;1-12-19(15(20(27)29-4)8-13-6-5-7-25-11-13)14-9-18(28-3)16(21(22,23)24)10-17(14)26(12)2;1-9-10(6-14(20)22-5)15-11(8-18(2)3)16(21)12(17)7-13(15)19(9)4;1-8-9(5-13(19)21-4)14-10(7-18(2)3)15(20)11(16)6-12(14)17-8;/h5-9,11-12,16H,10H2,1-4H3;6-9,11,29H,10,12-13H2,1-5H3,(H,27,28);5-7,9-11,15H,8H2,1-4H3;7,21H,6,8H2,1-5H3;6,17,20H,5,7H2,1-4H3;1H4. The summed E-state index contributed by atoms with van der Waals surface area (Å²) in [5, 5.41) is 44.2. The molecule has 0 saturated heterocycles. The van der Waals surface area contributed by atoms with E-state index < -0.39 is 64.9 Å². The fraction of sp³-hybridized carbons (Fsp3) is 0.371.